The zero-order valence-electron chi connectivity index (χ0n) is 20.7. The van der Waals surface area contributed by atoms with Crippen molar-refractivity contribution in [3.63, 3.8) is 0 Å². The number of imidazole rings is 1. The number of pyridine rings is 1. The average molecular weight is 525 g/mol. The lowest BCUT2D eigenvalue weighted by atomic mass is 9.97. The smallest absolute Gasteiger partial charge is 0.224 e. The number of carbonyl (C=O) groups is 1. The van der Waals surface area contributed by atoms with Crippen molar-refractivity contribution in [2.75, 3.05) is 17.3 Å². The number of rotatable bonds is 7. The molecule has 6 rings (SSSR count). The number of aromatic amines is 1. The molecule has 0 bridgehead atoms. The largest absolute Gasteiger partial charge is 0.366 e. The van der Waals surface area contributed by atoms with Crippen LogP contribution < -0.4 is 10.6 Å². The van der Waals surface area contributed by atoms with Gasteiger partial charge in [-0.05, 0) is 42.1 Å². The Hall–Kier alpha value is -4.37. The molecule has 0 aliphatic carbocycles. The Morgan fingerprint density at radius 2 is 2.05 bits per heavy atom. The summed E-state index contributed by atoms with van der Waals surface area (Å²) in [5, 5.41) is 8.06. The normalized spacial score (nSPS) is 12.6. The van der Waals surface area contributed by atoms with Crippen LogP contribution in [0.2, 0.25) is 0 Å². The third-order valence-electron chi connectivity index (χ3n) is 6.50. The second kappa shape index (κ2) is 10.2. The van der Waals surface area contributed by atoms with Gasteiger partial charge in [0.25, 0.3) is 0 Å². The lowest BCUT2D eigenvalue weighted by molar-refractivity contribution is -0.116. The van der Waals surface area contributed by atoms with E-state index < -0.39 is 5.82 Å². The molecule has 7 nitrogen and oxygen atoms in total. The van der Waals surface area contributed by atoms with Crippen LogP contribution >= 0.6 is 11.3 Å². The second-order valence-corrected chi connectivity index (χ2v) is 10.0. The van der Waals surface area contributed by atoms with E-state index in [2.05, 4.69) is 31.7 Å². The SMILES string of the molecule is CCCCC(=O)Nc1cncc(-c2ccc3c(c2F)C(c2nc4c(-c5cccs5)cccc4[nH]2)=NCN3)c1. The first-order valence-corrected chi connectivity index (χ1v) is 13.4. The molecule has 0 spiro atoms. The summed E-state index contributed by atoms with van der Waals surface area (Å²) in [4.78, 5) is 30.4. The molecule has 0 radical (unpaired) electrons. The first-order valence-electron chi connectivity index (χ1n) is 12.5. The van der Waals surface area contributed by atoms with Gasteiger partial charge in [0.15, 0.2) is 5.82 Å². The van der Waals surface area contributed by atoms with Gasteiger partial charge < -0.3 is 15.6 Å². The van der Waals surface area contributed by atoms with Gasteiger partial charge in [-0.15, -0.1) is 11.3 Å². The molecule has 0 fully saturated rings. The molecule has 1 aliphatic heterocycles. The Balaban J connectivity index is 1.39. The van der Waals surface area contributed by atoms with E-state index in [-0.39, 0.29) is 5.91 Å². The van der Waals surface area contributed by atoms with Crippen molar-refractivity contribution < 1.29 is 9.18 Å². The third kappa shape index (κ3) is 4.45. The van der Waals surface area contributed by atoms with Crippen LogP contribution in [0, 0.1) is 5.82 Å². The van der Waals surface area contributed by atoms with Gasteiger partial charge in [0.1, 0.15) is 18.2 Å². The molecule has 0 saturated heterocycles. The first-order chi connectivity index (χ1) is 18.6. The summed E-state index contributed by atoms with van der Waals surface area (Å²) in [6, 6.07) is 15.4. The zero-order valence-corrected chi connectivity index (χ0v) is 21.5. The van der Waals surface area contributed by atoms with Gasteiger partial charge in [0.05, 0.1) is 28.5 Å². The topological polar surface area (TPSA) is 95.1 Å². The number of hydrogen-bond acceptors (Lipinski definition) is 6. The van der Waals surface area contributed by atoms with Crippen LogP contribution in [0.15, 0.2) is 71.3 Å². The van der Waals surface area contributed by atoms with Gasteiger partial charge in [0.2, 0.25) is 5.91 Å². The number of anilines is 2. The monoisotopic (exact) mass is 524 g/mol. The van der Waals surface area contributed by atoms with E-state index in [9.17, 15) is 4.79 Å². The number of para-hydroxylation sites is 1. The fourth-order valence-corrected chi connectivity index (χ4v) is 5.40. The van der Waals surface area contributed by atoms with Crippen LogP contribution in [0.5, 0.6) is 0 Å². The summed E-state index contributed by atoms with van der Waals surface area (Å²) < 4.78 is 16.2. The van der Waals surface area contributed by atoms with Crippen molar-refractivity contribution in [1.82, 2.24) is 15.0 Å². The maximum atomic E-state index is 16.2. The van der Waals surface area contributed by atoms with Crippen molar-refractivity contribution in [2.45, 2.75) is 26.2 Å². The standard InChI is InChI=1S/C29H25FN6OS/c1-2-3-9-24(37)34-18-13-17(14-31-15-18)19-10-11-21-25(26(19)30)28(33-16-32-21)29-35-22-7-4-6-20(27(22)36-29)23-8-5-12-38-23/h4-8,10-15,32H,2-3,9,16H2,1H3,(H,34,37)(H,35,36). The number of amides is 1. The molecule has 0 unspecified atom stereocenters. The second-order valence-electron chi connectivity index (χ2n) is 9.07. The van der Waals surface area contributed by atoms with Gasteiger partial charge in [-0.2, -0.15) is 0 Å². The van der Waals surface area contributed by atoms with Crippen LogP contribution in [0.4, 0.5) is 15.8 Å². The molecule has 2 aromatic carbocycles. The molecule has 0 atom stereocenters. The average Bonchev–Trinajstić information content (AvgIpc) is 3.62. The Bertz CT molecular complexity index is 1670. The van der Waals surface area contributed by atoms with Gasteiger partial charge in [-0.25, -0.2) is 9.37 Å². The molecule has 1 amide bonds. The van der Waals surface area contributed by atoms with Gasteiger partial charge in [-0.3, -0.25) is 14.8 Å². The molecular weight excluding hydrogens is 499 g/mol. The van der Waals surface area contributed by atoms with Gasteiger partial charge in [0, 0.05) is 39.9 Å². The maximum absolute atomic E-state index is 16.2. The van der Waals surface area contributed by atoms with E-state index in [1.165, 1.54) is 0 Å². The van der Waals surface area contributed by atoms with E-state index >= 15 is 4.39 Å². The Morgan fingerprint density at radius 1 is 1.13 bits per heavy atom. The summed E-state index contributed by atoms with van der Waals surface area (Å²) >= 11 is 1.65. The van der Waals surface area contributed by atoms with Crippen LogP contribution in [0.3, 0.4) is 0 Å². The molecule has 9 heteroatoms. The summed E-state index contributed by atoms with van der Waals surface area (Å²) in [7, 11) is 0. The molecule has 4 heterocycles. The number of carbonyl (C=O) groups excluding carboxylic acids is 1. The van der Waals surface area contributed by atoms with Crippen molar-refractivity contribution in [2.24, 2.45) is 4.99 Å². The number of nitrogens with one attached hydrogen (secondary N) is 3. The number of benzene rings is 2. The van der Waals surface area contributed by atoms with E-state index in [1.807, 2.05) is 42.6 Å². The zero-order chi connectivity index (χ0) is 26.1. The highest BCUT2D eigenvalue weighted by molar-refractivity contribution is 7.13. The highest BCUT2D eigenvalue weighted by Gasteiger charge is 2.26. The number of hydrogen-bond donors (Lipinski definition) is 3. The number of fused-ring (bicyclic) bond motifs is 2. The number of aliphatic imine (C=N–C) groups is 1. The van der Waals surface area contributed by atoms with Gasteiger partial charge >= 0.3 is 0 Å². The first kappa shape index (κ1) is 24.0. The fraction of sp³-hybridized carbons (Fsp3) is 0.172. The van der Waals surface area contributed by atoms with Crippen molar-refractivity contribution in [3.05, 3.63) is 83.5 Å². The predicted octanol–water partition coefficient (Wildman–Crippen LogP) is 6.84. The van der Waals surface area contributed by atoms with Crippen LogP contribution in [-0.4, -0.2) is 33.2 Å². The Labute approximate surface area is 222 Å². The summed E-state index contributed by atoms with van der Waals surface area (Å²) in [6.45, 7) is 2.35. The molecular formula is C29H25FN6OS. The quantitative estimate of drug-likeness (QED) is 0.217. The molecule has 3 N–H and O–H groups in total. The molecule has 0 saturated carbocycles. The Kier molecular flexibility index (Phi) is 6.43. The number of thiophene rings is 1. The minimum atomic E-state index is -0.427. The van der Waals surface area contributed by atoms with Crippen molar-refractivity contribution in [1.29, 1.82) is 0 Å². The molecule has 190 valence electrons. The molecule has 3 aromatic heterocycles. The van der Waals surface area contributed by atoms with Crippen LogP contribution in [-0.2, 0) is 4.79 Å². The minimum absolute atomic E-state index is 0.0814. The number of aromatic nitrogens is 3. The number of halogens is 1. The third-order valence-corrected chi connectivity index (χ3v) is 7.40. The van der Waals surface area contributed by atoms with Crippen LogP contribution in [0.25, 0.3) is 32.6 Å². The summed E-state index contributed by atoms with van der Waals surface area (Å²) in [6.07, 6.45) is 5.34. The Morgan fingerprint density at radius 3 is 2.89 bits per heavy atom. The molecule has 38 heavy (non-hydrogen) atoms. The highest BCUT2D eigenvalue weighted by Crippen LogP contribution is 2.35. The number of H-pyrrole nitrogens is 1. The maximum Gasteiger partial charge on any atom is 0.224 e. The molecule has 1 aliphatic rings. The molecule has 5 aromatic rings. The highest BCUT2D eigenvalue weighted by atomic mass is 32.1. The van der Waals surface area contributed by atoms with E-state index in [0.29, 0.717) is 52.7 Å². The van der Waals surface area contributed by atoms with E-state index in [0.717, 1.165) is 34.3 Å². The lowest BCUT2D eigenvalue weighted by Gasteiger charge is -2.20. The van der Waals surface area contributed by atoms with E-state index in [1.54, 1.807) is 35.9 Å². The lowest BCUT2D eigenvalue weighted by Crippen LogP contribution is -2.20. The fourth-order valence-electron chi connectivity index (χ4n) is 4.65. The number of unbranched alkanes of at least 4 members (excludes halogenated alkanes) is 1. The predicted molar refractivity (Wildman–Crippen MR) is 151 cm³/mol. The van der Waals surface area contributed by atoms with E-state index in [4.69, 9.17) is 4.98 Å². The minimum Gasteiger partial charge on any atom is -0.366 e. The van der Waals surface area contributed by atoms with Crippen LogP contribution in [0.1, 0.15) is 37.6 Å². The summed E-state index contributed by atoms with van der Waals surface area (Å²) in [5.74, 6) is 0.00338. The summed E-state index contributed by atoms with van der Waals surface area (Å²) in [5.41, 5.74) is 5.62. The number of nitrogens with zero attached hydrogens (tertiary/aromatic N) is 3. The van der Waals surface area contributed by atoms with Crippen molar-refractivity contribution in [3.8, 4) is 21.6 Å². The van der Waals surface area contributed by atoms with Crippen molar-refractivity contribution >= 4 is 45.4 Å². The van der Waals surface area contributed by atoms with Gasteiger partial charge in [-0.1, -0.05) is 31.5 Å².